The van der Waals surface area contributed by atoms with E-state index >= 15 is 0 Å². The van der Waals surface area contributed by atoms with Crippen molar-refractivity contribution < 1.29 is 9.18 Å². The molecule has 0 fully saturated rings. The summed E-state index contributed by atoms with van der Waals surface area (Å²) >= 11 is 6.08. The molecule has 2 aromatic carbocycles. The number of carbonyl (C=O) groups is 1. The van der Waals surface area contributed by atoms with E-state index in [2.05, 4.69) is 20.7 Å². The number of hydrogen-bond acceptors (Lipinski definition) is 4. The zero-order chi connectivity index (χ0) is 19.7. The maximum absolute atomic E-state index is 13.2. The highest BCUT2D eigenvalue weighted by Crippen LogP contribution is 2.20. The van der Waals surface area contributed by atoms with E-state index < -0.39 is 0 Å². The summed E-state index contributed by atoms with van der Waals surface area (Å²) in [5.41, 5.74) is 3.08. The van der Waals surface area contributed by atoms with Crippen LogP contribution in [0.4, 0.5) is 10.2 Å². The molecule has 0 bridgehead atoms. The predicted molar refractivity (Wildman–Crippen MR) is 104 cm³/mol. The summed E-state index contributed by atoms with van der Waals surface area (Å²) in [6, 6.07) is 13.4. The van der Waals surface area contributed by atoms with Crippen LogP contribution in [-0.2, 0) is 17.9 Å². The molecule has 0 saturated carbocycles. The molecule has 0 aliphatic rings. The number of para-hydroxylation sites is 1. The van der Waals surface area contributed by atoms with E-state index in [0.717, 1.165) is 22.3 Å². The first-order chi connectivity index (χ1) is 13.5. The van der Waals surface area contributed by atoms with Crippen LogP contribution in [0.25, 0.3) is 11.0 Å². The van der Waals surface area contributed by atoms with E-state index in [9.17, 15) is 9.18 Å². The van der Waals surface area contributed by atoms with Gasteiger partial charge in [0.1, 0.15) is 17.9 Å². The Morgan fingerprint density at radius 1 is 1.18 bits per heavy atom. The molecular formula is C19H16ClFN6O. The molecule has 0 aliphatic carbocycles. The Bertz CT molecular complexity index is 1170. The molecule has 4 aromatic rings. The molecule has 1 amide bonds. The van der Waals surface area contributed by atoms with Gasteiger partial charge >= 0.3 is 0 Å². The summed E-state index contributed by atoms with van der Waals surface area (Å²) in [4.78, 5) is 12.4. The molecule has 0 unspecified atom stereocenters. The third-order valence-electron chi connectivity index (χ3n) is 4.30. The van der Waals surface area contributed by atoms with Crippen LogP contribution in [0.2, 0.25) is 5.02 Å². The van der Waals surface area contributed by atoms with E-state index in [4.69, 9.17) is 11.6 Å². The van der Waals surface area contributed by atoms with Gasteiger partial charge in [0.15, 0.2) is 5.82 Å². The van der Waals surface area contributed by atoms with Crippen LogP contribution in [0, 0.1) is 12.7 Å². The molecule has 0 radical (unpaired) electrons. The van der Waals surface area contributed by atoms with Gasteiger partial charge in [-0.3, -0.25) is 9.48 Å². The minimum Gasteiger partial charge on any atom is -0.308 e. The van der Waals surface area contributed by atoms with Gasteiger partial charge in [0, 0.05) is 16.8 Å². The van der Waals surface area contributed by atoms with Crippen LogP contribution in [0.5, 0.6) is 0 Å². The van der Waals surface area contributed by atoms with Gasteiger partial charge in [-0.2, -0.15) is 5.10 Å². The van der Waals surface area contributed by atoms with Gasteiger partial charge in [0.2, 0.25) is 5.91 Å². The third-order valence-corrected chi connectivity index (χ3v) is 4.65. The number of amides is 1. The van der Waals surface area contributed by atoms with Crippen LogP contribution in [0.1, 0.15) is 11.3 Å². The topological polar surface area (TPSA) is 77.6 Å². The Morgan fingerprint density at radius 2 is 2.00 bits per heavy atom. The molecule has 0 atom stereocenters. The van der Waals surface area contributed by atoms with Gasteiger partial charge in [-0.1, -0.05) is 35.0 Å². The number of nitrogens with zero attached hydrogens (tertiary/aromatic N) is 5. The van der Waals surface area contributed by atoms with Crippen molar-refractivity contribution >= 4 is 34.4 Å². The Labute approximate surface area is 164 Å². The van der Waals surface area contributed by atoms with Gasteiger partial charge in [0.05, 0.1) is 12.1 Å². The van der Waals surface area contributed by atoms with Crippen molar-refractivity contribution in [1.29, 1.82) is 0 Å². The molecule has 2 aromatic heterocycles. The summed E-state index contributed by atoms with van der Waals surface area (Å²) in [7, 11) is 0. The molecule has 0 aliphatic heterocycles. The van der Waals surface area contributed by atoms with Gasteiger partial charge in [0.25, 0.3) is 0 Å². The largest absolute Gasteiger partial charge is 0.308 e. The first kappa shape index (κ1) is 18.1. The summed E-state index contributed by atoms with van der Waals surface area (Å²) in [5.74, 6) is -0.232. The Kier molecular flexibility index (Phi) is 4.79. The van der Waals surface area contributed by atoms with Crippen molar-refractivity contribution in [2.75, 3.05) is 5.32 Å². The zero-order valence-electron chi connectivity index (χ0n) is 14.9. The van der Waals surface area contributed by atoms with Crippen LogP contribution in [-0.4, -0.2) is 30.7 Å². The van der Waals surface area contributed by atoms with Crippen molar-refractivity contribution in [1.82, 2.24) is 24.8 Å². The number of aryl methyl sites for hydroxylation is 1. The summed E-state index contributed by atoms with van der Waals surface area (Å²) in [6.45, 7) is 2.26. The number of carbonyl (C=O) groups excluding carboxylic acids is 1. The number of halogens is 2. The van der Waals surface area contributed by atoms with Crippen molar-refractivity contribution in [2.45, 2.75) is 20.0 Å². The fourth-order valence-corrected chi connectivity index (χ4v) is 3.12. The second-order valence-corrected chi connectivity index (χ2v) is 6.76. The van der Waals surface area contributed by atoms with E-state index in [-0.39, 0.29) is 18.3 Å². The molecule has 0 spiro atoms. The lowest BCUT2D eigenvalue weighted by atomic mass is 10.2. The van der Waals surface area contributed by atoms with E-state index in [1.54, 1.807) is 16.8 Å². The molecule has 9 heteroatoms. The van der Waals surface area contributed by atoms with Crippen molar-refractivity contribution in [3.63, 3.8) is 0 Å². The quantitative estimate of drug-likeness (QED) is 0.558. The molecule has 1 N–H and O–H groups in total. The fourth-order valence-electron chi connectivity index (χ4n) is 2.90. The molecule has 4 rings (SSSR count). The first-order valence-electron chi connectivity index (χ1n) is 8.56. The SMILES string of the molecule is Cc1cc(NC(=O)Cn2nnc3ccccc32)nn1Cc1ccc(F)cc1Cl. The zero-order valence-corrected chi connectivity index (χ0v) is 15.7. The Hall–Kier alpha value is -3.26. The maximum atomic E-state index is 13.2. The van der Waals surface area contributed by atoms with Crippen LogP contribution in [0.3, 0.4) is 0 Å². The molecular weight excluding hydrogens is 383 g/mol. The Morgan fingerprint density at radius 3 is 2.82 bits per heavy atom. The predicted octanol–water partition coefficient (Wildman–Crippen LogP) is 3.42. The number of hydrogen-bond donors (Lipinski definition) is 1. The van der Waals surface area contributed by atoms with Crippen molar-refractivity contribution in [2.24, 2.45) is 0 Å². The van der Waals surface area contributed by atoms with Gasteiger partial charge in [-0.05, 0) is 36.8 Å². The van der Waals surface area contributed by atoms with Gasteiger partial charge < -0.3 is 5.32 Å². The highest BCUT2D eigenvalue weighted by atomic mass is 35.5. The van der Waals surface area contributed by atoms with Gasteiger partial charge in [-0.15, -0.1) is 5.10 Å². The number of rotatable bonds is 5. The highest BCUT2D eigenvalue weighted by Gasteiger charge is 2.12. The summed E-state index contributed by atoms with van der Waals surface area (Å²) in [6.07, 6.45) is 0. The molecule has 2 heterocycles. The number of benzene rings is 2. The van der Waals surface area contributed by atoms with Crippen LogP contribution < -0.4 is 5.32 Å². The lowest BCUT2D eigenvalue weighted by molar-refractivity contribution is -0.116. The number of anilines is 1. The van der Waals surface area contributed by atoms with E-state index in [1.807, 2.05) is 31.2 Å². The number of aromatic nitrogens is 5. The number of nitrogens with one attached hydrogen (secondary N) is 1. The summed E-state index contributed by atoms with van der Waals surface area (Å²) in [5, 5.41) is 15.5. The maximum Gasteiger partial charge on any atom is 0.247 e. The third kappa shape index (κ3) is 3.72. The normalized spacial score (nSPS) is 11.1. The first-order valence-corrected chi connectivity index (χ1v) is 8.94. The molecule has 0 saturated heterocycles. The second-order valence-electron chi connectivity index (χ2n) is 6.35. The second kappa shape index (κ2) is 7.40. The molecule has 7 nitrogen and oxygen atoms in total. The fraction of sp³-hybridized carbons (Fsp3) is 0.158. The lowest BCUT2D eigenvalue weighted by Gasteiger charge is -2.07. The molecule has 28 heavy (non-hydrogen) atoms. The lowest BCUT2D eigenvalue weighted by Crippen LogP contribution is -2.20. The average Bonchev–Trinajstić information content (AvgIpc) is 3.21. The van der Waals surface area contributed by atoms with Crippen molar-refractivity contribution in [3.05, 3.63) is 70.6 Å². The van der Waals surface area contributed by atoms with E-state index in [0.29, 0.717) is 17.4 Å². The summed E-state index contributed by atoms with van der Waals surface area (Å²) < 4.78 is 16.4. The van der Waals surface area contributed by atoms with Crippen LogP contribution >= 0.6 is 11.6 Å². The van der Waals surface area contributed by atoms with Crippen molar-refractivity contribution in [3.8, 4) is 0 Å². The monoisotopic (exact) mass is 398 g/mol. The molecule has 142 valence electrons. The smallest absolute Gasteiger partial charge is 0.247 e. The van der Waals surface area contributed by atoms with Gasteiger partial charge in [-0.25, -0.2) is 9.07 Å². The standard InChI is InChI=1S/C19H16ClFN6O/c1-12-8-18(24-26(12)10-13-6-7-14(21)9-15(13)20)22-19(28)11-27-17-5-3-2-4-16(17)23-25-27/h2-9H,10-11H2,1H3,(H,22,24,28). The minimum atomic E-state index is -0.389. The van der Waals surface area contributed by atoms with E-state index in [1.165, 1.54) is 16.8 Å². The average molecular weight is 399 g/mol. The minimum absolute atomic E-state index is 0.0240. The highest BCUT2D eigenvalue weighted by molar-refractivity contribution is 6.31. The van der Waals surface area contributed by atoms with Crippen LogP contribution in [0.15, 0.2) is 48.5 Å². The Balaban J connectivity index is 1.46. The number of fused-ring (bicyclic) bond motifs is 1.